The standard InChI is InChI=1S/C11H14N4O4/c1-2-19-11(16)14-13-10(12)7-8-5-3-4-6-9(8)15(17)18/h3-6H,2,7H2,1H3,(H2,12,13)(H,14,16). The molecule has 0 saturated heterocycles. The van der Waals surface area contributed by atoms with E-state index in [2.05, 4.69) is 15.3 Å². The minimum Gasteiger partial charge on any atom is -0.449 e. The number of rotatable bonds is 5. The van der Waals surface area contributed by atoms with Crippen molar-refractivity contribution in [3.05, 3.63) is 39.9 Å². The van der Waals surface area contributed by atoms with Crippen molar-refractivity contribution < 1.29 is 14.5 Å². The van der Waals surface area contributed by atoms with E-state index in [-0.39, 0.29) is 24.6 Å². The summed E-state index contributed by atoms with van der Waals surface area (Å²) in [7, 11) is 0. The van der Waals surface area contributed by atoms with Crippen LogP contribution in [0.1, 0.15) is 12.5 Å². The van der Waals surface area contributed by atoms with Gasteiger partial charge in [-0.15, -0.1) is 0 Å². The maximum atomic E-state index is 11.0. The van der Waals surface area contributed by atoms with Gasteiger partial charge in [-0.1, -0.05) is 18.2 Å². The Balaban J connectivity index is 2.71. The van der Waals surface area contributed by atoms with Crippen LogP contribution < -0.4 is 11.2 Å². The van der Waals surface area contributed by atoms with Crippen LogP contribution in [0.2, 0.25) is 0 Å². The number of carbonyl (C=O) groups is 1. The first-order valence-electron chi connectivity index (χ1n) is 5.51. The van der Waals surface area contributed by atoms with E-state index < -0.39 is 11.0 Å². The lowest BCUT2D eigenvalue weighted by Gasteiger charge is -2.03. The highest BCUT2D eigenvalue weighted by Gasteiger charge is 2.13. The molecule has 0 aliphatic rings. The second-order valence-corrected chi connectivity index (χ2v) is 3.50. The van der Waals surface area contributed by atoms with Crippen LogP contribution in [0.25, 0.3) is 0 Å². The number of para-hydroxylation sites is 1. The number of hydrazone groups is 1. The zero-order valence-electron chi connectivity index (χ0n) is 10.3. The predicted molar refractivity (Wildman–Crippen MR) is 68.6 cm³/mol. The number of hydrogen-bond acceptors (Lipinski definition) is 5. The maximum Gasteiger partial charge on any atom is 0.427 e. The smallest absolute Gasteiger partial charge is 0.427 e. The van der Waals surface area contributed by atoms with Crippen molar-refractivity contribution in [1.29, 1.82) is 0 Å². The summed E-state index contributed by atoms with van der Waals surface area (Å²) >= 11 is 0. The van der Waals surface area contributed by atoms with Gasteiger partial charge in [0, 0.05) is 18.1 Å². The van der Waals surface area contributed by atoms with Gasteiger partial charge in [0.05, 0.1) is 11.5 Å². The van der Waals surface area contributed by atoms with Crippen molar-refractivity contribution in [3.8, 4) is 0 Å². The highest BCUT2D eigenvalue weighted by atomic mass is 16.6. The number of nitro groups is 1. The Bertz CT molecular complexity index is 501. The Morgan fingerprint density at radius 2 is 2.21 bits per heavy atom. The van der Waals surface area contributed by atoms with Crippen LogP contribution in [0.3, 0.4) is 0 Å². The summed E-state index contributed by atoms with van der Waals surface area (Å²) in [6, 6.07) is 6.17. The summed E-state index contributed by atoms with van der Waals surface area (Å²) in [4.78, 5) is 21.3. The van der Waals surface area contributed by atoms with Gasteiger partial charge in [-0.3, -0.25) is 10.1 Å². The summed E-state index contributed by atoms with van der Waals surface area (Å²) in [5.41, 5.74) is 8.03. The molecule has 8 nitrogen and oxygen atoms in total. The molecule has 19 heavy (non-hydrogen) atoms. The normalized spacial score (nSPS) is 10.9. The van der Waals surface area contributed by atoms with Crippen LogP contribution >= 0.6 is 0 Å². The minimum atomic E-state index is -0.729. The third-order valence-electron chi connectivity index (χ3n) is 2.13. The van der Waals surface area contributed by atoms with E-state index in [4.69, 9.17) is 5.73 Å². The number of nitrogens with two attached hydrogens (primary N) is 1. The number of nitrogens with one attached hydrogen (secondary N) is 1. The topological polar surface area (TPSA) is 120 Å². The molecular formula is C11H14N4O4. The monoisotopic (exact) mass is 266 g/mol. The van der Waals surface area contributed by atoms with E-state index >= 15 is 0 Å². The third-order valence-corrected chi connectivity index (χ3v) is 2.13. The highest BCUT2D eigenvalue weighted by molar-refractivity contribution is 5.84. The fourth-order valence-electron chi connectivity index (χ4n) is 1.35. The van der Waals surface area contributed by atoms with E-state index in [1.165, 1.54) is 6.07 Å². The molecule has 0 radical (unpaired) electrons. The summed E-state index contributed by atoms with van der Waals surface area (Å²) in [6.07, 6.45) is -0.670. The van der Waals surface area contributed by atoms with Gasteiger partial charge in [-0.2, -0.15) is 5.10 Å². The van der Waals surface area contributed by atoms with Crippen LogP contribution in [0, 0.1) is 10.1 Å². The summed E-state index contributed by atoms with van der Waals surface area (Å²) < 4.78 is 4.58. The molecule has 0 aliphatic heterocycles. The quantitative estimate of drug-likeness (QED) is 0.358. The number of ether oxygens (including phenoxy) is 1. The molecule has 1 aromatic rings. The first kappa shape index (κ1) is 14.4. The van der Waals surface area contributed by atoms with Crippen molar-refractivity contribution in [2.45, 2.75) is 13.3 Å². The molecule has 0 unspecified atom stereocenters. The van der Waals surface area contributed by atoms with Crippen LogP contribution in [0.4, 0.5) is 10.5 Å². The molecule has 0 saturated carbocycles. The number of carbonyl (C=O) groups excluding carboxylic acids is 1. The van der Waals surface area contributed by atoms with E-state index in [1.54, 1.807) is 25.1 Å². The summed E-state index contributed by atoms with van der Waals surface area (Å²) in [6.45, 7) is 1.87. The molecule has 0 heterocycles. The molecule has 0 aromatic heterocycles. The predicted octanol–water partition coefficient (Wildman–Crippen LogP) is 1.16. The molecule has 0 atom stereocenters. The third kappa shape index (κ3) is 4.62. The largest absolute Gasteiger partial charge is 0.449 e. The van der Waals surface area contributed by atoms with Gasteiger partial charge in [0.25, 0.3) is 5.69 Å². The van der Waals surface area contributed by atoms with Gasteiger partial charge in [-0.05, 0) is 6.92 Å². The molecule has 8 heteroatoms. The molecule has 0 bridgehead atoms. The van der Waals surface area contributed by atoms with Crippen LogP contribution in [-0.4, -0.2) is 23.5 Å². The fraction of sp³-hybridized carbons (Fsp3) is 0.273. The highest BCUT2D eigenvalue weighted by Crippen LogP contribution is 2.17. The van der Waals surface area contributed by atoms with Crippen molar-refractivity contribution in [3.63, 3.8) is 0 Å². The molecule has 0 aliphatic carbocycles. The molecule has 0 fully saturated rings. The van der Waals surface area contributed by atoms with Crippen LogP contribution in [0.5, 0.6) is 0 Å². The molecule has 1 aromatic carbocycles. The van der Waals surface area contributed by atoms with Gasteiger partial charge < -0.3 is 10.5 Å². The molecule has 102 valence electrons. The van der Waals surface area contributed by atoms with Crippen molar-refractivity contribution >= 4 is 17.6 Å². The first-order valence-corrected chi connectivity index (χ1v) is 5.51. The van der Waals surface area contributed by atoms with Crippen molar-refractivity contribution in [2.75, 3.05) is 6.61 Å². The SMILES string of the molecule is CCOC(=O)NN=C(N)Cc1ccccc1[N+](=O)[O-]. The van der Waals surface area contributed by atoms with E-state index in [0.29, 0.717) is 5.56 Å². The minimum absolute atomic E-state index is 0.0438. The number of benzene rings is 1. The number of hydrogen-bond donors (Lipinski definition) is 2. The van der Waals surface area contributed by atoms with Gasteiger partial charge in [-0.25, -0.2) is 10.2 Å². The van der Waals surface area contributed by atoms with E-state index in [9.17, 15) is 14.9 Å². The molecule has 1 rings (SSSR count). The summed E-state index contributed by atoms with van der Waals surface area (Å²) in [5.74, 6) is 0.0438. The van der Waals surface area contributed by atoms with Crippen LogP contribution in [-0.2, 0) is 11.2 Å². The fourth-order valence-corrected chi connectivity index (χ4v) is 1.35. The Labute approximate surface area is 109 Å². The van der Waals surface area contributed by atoms with Crippen molar-refractivity contribution in [1.82, 2.24) is 5.43 Å². The zero-order chi connectivity index (χ0) is 14.3. The summed E-state index contributed by atoms with van der Waals surface area (Å²) in [5, 5.41) is 14.4. The molecule has 0 spiro atoms. The maximum absolute atomic E-state index is 11.0. The zero-order valence-corrected chi connectivity index (χ0v) is 10.3. The lowest BCUT2D eigenvalue weighted by Crippen LogP contribution is -2.25. The Morgan fingerprint density at radius 3 is 2.84 bits per heavy atom. The Hall–Kier alpha value is -2.64. The molecule has 3 N–H and O–H groups in total. The van der Waals surface area contributed by atoms with E-state index in [0.717, 1.165) is 0 Å². The van der Waals surface area contributed by atoms with Gasteiger partial charge in [0.1, 0.15) is 5.84 Å². The molecule has 1 amide bonds. The number of nitro benzene ring substituents is 1. The number of amidine groups is 1. The van der Waals surface area contributed by atoms with E-state index in [1.807, 2.05) is 0 Å². The number of nitrogens with zero attached hydrogens (tertiary/aromatic N) is 2. The van der Waals surface area contributed by atoms with Crippen LogP contribution in [0.15, 0.2) is 29.4 Å². The Morgan fingerprint density at radius 1 is 1.53 bits per heavy atom. The molecular weight excluding hydrogens is 252 g/mol. The Kier molecular flexibility index (Phi) is 5.27. The van der Waals surface area contributed by atoms with Gasteiger partial charge in [0.15, 0.2) is 0 Å². The second kappa shape index (κ2) is 6.94. The second-order valence-electron chi connectivity index (χ2n) is 3.50. The first-order chi connectivity index (χ1) is 9.04. The van der Waals surface area contributed by atoms with Gasteiger partial charge in [0.2, 0.25) is 0 Å². The van der Waals surface area contributed by atoms with Crippen molar-refractivity contribution in [2.24, 2.45) is 10.8 Å². The lowest BCUT2D eigenvalue weighted by molar-refractivity contribution is -0.385. The van der Waals surface area contributed by atoms with Gasteiger partial charge >= 0.3 is 6.09 Å². The number of amides is 1. The lowest BCUT2D eigenvalue weighted by atomic mass is 10.1. The average Bonchev–Trinajstić information content (AvgIpc) is 2.37. The average molecular weight is 266 g/mol.